The first-order valence-corrected chi connectivity index (χ1v) is 4.05. The van der Waals surface area contributed by atoms with E-state index in [4.69, 9.17) is 5.73 Å². The number of nitrogens with zero attached hydrogens (tertiary/aromatic N) is 4. The Morgan fingerprint density at radius 2 is 1.85 bits per heavy atom. The molecule has 0 aliphatic heterocycles. The fraction of sp³-hybridized carbons (Fsp3) is 0.375. The Hall–Kier alpha value is -1.65. The first kappa shape index (κ1) is 7.97. The van der Waals surface area contributed by atoms with E-state index in [1.54, 1.807) is 4.40 Å². The minimum Gasteiger partial charge on any atom is -0.368 e. The minimum absolute atomic E-state index is 0.392. The van der Waals surface area contributed by atoms with E-state index in [2.05, 4.69) is 15.2 Å². The van der Waals surface area contributed by atoms with Gasteiger partial charge < -0.3 is 5.73 Å². The molecule has 0 saturated heterocycles. The molecular formula is C8H11N5. The fourth-order valence-corrected chi connectivity index (χ4v) is 1.40. The summed E-state index contributed by atoms with van der Waals surface area (Å²) in [4.78, 5) is 4.34. The summed E-state index contributed by atoms with van der Waals surface area (Å²) in [5, 5.41) is 7.80. The van der Waals surface area contributed by atoms with Crippen LogP contribution in [0.25, 0.3) is 5.65 Å². The molecule has 0 amide bonds. The van der Waals surface area contributed by atoms with Gasteiger partial charge in [0.05, 0.1) is 0 Å². The standard InChI is InChI=1S/C8H11N5/c1-4-5(2)10-6(3)13-7(4)11-12-8(13)9/h1-3H3,(H2,9,12). The number of nitrogens with two attached hydrogens (primary N) is 1. The van der Waals surface area contributed by atoms with Crippen LogP contribution >= 0.6 is 0 Å². The summed E-state index contributed by atoms with van der Waals surface area (Å²) in [5.74, 6) is 1.21. The van der Waals surface area contributed by atoms with Crippen molar-refractivity contribution in [2.45, 2.75) is 20.8 Å². The predicted octanol–water partition coefficient (Wildman–Crippen LogP) is 0.632. The molecule has 2 N–H and O–H groups in total. The lowest BCUT2D eigenvalue weighted by Gasteiger charge is -2.04. The Morgan fingerprint density at radius 3 is 2.54 bits per heavy atom. The second-order valence-corrected chi connectivity index (χ2v) is 3.09. The predicted molar refractivity (Wildman–Crippen MR) is 49.4 cm³/mol. The van der Waals surface area contributed by atoms with Gasteiger partial charge in [-0.05, 0) is 20.8 Å². The van der Waals surface area contributed by atoms with Crippen LogP contribution in [0.3, 0.4) is 0 Å². The summed E-state index contributed by atoms with van der Waals surface area (Å²) in [5.41, 5.74) is 8.43. The van der Waals surface area contributed by atoms with Gasteiger partial charge in [-0.25, -0.2) is 9.38 Å². The van der Waals surface area contributed by atoms with Crippen LogP contribution in [0.15, 0.2) is 0 Å². The van der Waals surface area contributed by atoms with Crippen LogP contribution in [0.2, 0.25) is 0 Å². The van der Waals surface area contributed by atoms with Gasteiger partial charge >= 0.3 is 0 Å². The molecule has 13 heavy (non-hydrogen) atoms. The number of hydrogen-bond acceptors (Lipinski definition) is 4. The minimum atomic E-state index is 0.392. The maximum atomic E-state index is 5.65. The lowest BCUT2D eigenvalue weighted by atomic mass is 10.2. The number of rotatable bonds is 0. The molecule has 68 valence electrons. The molecule has 0 radical (unpaired) electrons. The van der Waals surface area contributed by atoms with Crippen molar-refractivity contribution in [2.75, 3.05) is 5.73 Å². The van der Waals surface area contributed by atoms with Crippen LogP contribution in [0.4, 0.5) is 5.95 Å². The normalized spacial score (nSPS) is 11.0. The lowest BCUT2D eigenvalue weighted by Crippen LogP contribution is -2.03. The molecule has 0 saturated carbocycles. The van der Waals surface area contributed by atoms with E-state index >= 15 is 0 Å². The van der Waals surface area contributed by atoms with Crippen molar-refractivity contribution in [3.8, 4) is 0 Å². The quantitative estimate of drug-likeness (QED) is 0.640. The Labute approximate surface area is 75.6 Å². The third-order valence-corrected chi connectivity index (χ3v) is 2.22. The van der Waals surface area contributed by atoms with Crippen molar-refractivity contribution in [3.05, 3.63) is 17.1 Å². The fourth-order valence-electron chi connectivity index (χ4n) is 1.40. The molecule has 2 aromatic rings. The summed E-state index contributed by atoms with van der Waals surface area (Å²) in [7, 11) is 0. The highest BCUT2D eigenvalue weighted by Crippen LogP contribution is 2.14. The van der Waals surface area contributed by atoms with Crippen LogP contribution in [-0.2, 0) is 0 Å². The van der Waals surface area contributed by atoms with E-state index in [0.717, 1.165) is 22.7 Å². The van der Waals surface area contributed by atoms with Crippen LogP contribution in [0.1, 0.15) is 17.1 Å². The number of hydrogen-bond donors (Lipinski definition) is 1. The molecule has 2 aromatic heterocycles. The summed E-state index contributed by atoms with van der Waals surface area (Å²) in [6.07, 6.45) is 0. The van der Waals surface area contributed by atoms with Crippen LogP contribution in [-0.4, -0.2) is 19.6 Å². The highest BCUT2D eigenvalue weighted by atomic mass is 15.3. The Kier molecular flexibility index (Phi) is 1.48. The highest BCUT2D eigenvalue weighted by Gasteiger charge is 2.09. The van der Waals surface area contributed by atoms with Crippen molar-refractivity contribution in [1.29, 1.82) is 0 Å². The van der Waals surface area contributed by atoms with Crippen LogP contribution in [0.5, 0.6) is 0 Å². The number of anilines is 1. The Morgan fingerprint density at radius 1 is 1.15 bits per heavy atom. The third-order valence-electron chi connectivity index (χ3n) is 2.22. The van der Waals surface area contributed by atoms with Gasteiger partial charge in [0.15, 0.2) is 5.65 Å². The molecule has 0 aliphatic rings. The number of fused-ring (bicyclic) bond motifs is 1. The van der Waals surface area contributed by atoms with Crippen molar-refractivity contribution in [2.24, 2.45) is 0 Å². The van der Waals surface area contributed by atoms with E-state index in [-0.39, 0.29) is 0 Å². The van der Waals surface area contributed by atoms with Crippen molar-refractivity contribution < 1.29 is 0 Å². The summed E-state index contributed by atoms with van der Waals surface area (Å²) in [6.45, 7) is 5.80. The average Bonchev–Trinajstić information content (AvgIpc) is 2.44. The summed E-state index contributed by atoms with van der Waals surface area (Å²) < 4.78 is 1.75. The zero-order chi connectivity index (χ0) is 9.59. The van der Waals surface area contributed by atoms with E-state index in [1.165, 1.54) is 0 Å². The topological polar surface area (TPSA) is 69.1 Å². The van der Waals surface area contributed by atoms with Crippen molar-refractivity contribution in [3.63, 3.8) is 0 Å². The van der Waals surface area contributed by atoms with Gasteiger partial charge in [-0.15, -0.1) is 10.2 Å². The molecule has 0 bridgehead atoms. The first-order chi connectivity index (χ1) is 6.11. The molecule has 0 aromatic carbocycles. The number of aryl methyl sites for hydroxylation is 3. The summed E-state index contributed by atoms with van der Waals surface area (Å²) in [6, 6.07) is 0. The maximum Gasteiger partial charge on any atom is 0.227 e. The molecule has 0 fully saturated rings. The zero-order valence-corrected chi connectivity index (χ0v) is 7.87. The van der Waals surface area contributed by atoms with E-state index < -0.39 is 0 Å². The average molecular weight is 177 g/mol. The molecule has 2 rings (SSSR count). The number of nitrogen functional groups attached to an aromatic ring is 1. The van der Waals surface area contributed by atoms with E-state index in [1.807, 2.05) is 20.8 Å². The van der Waals surface area contributed by atoms with Gasteiger partial charge in [0.2, 0.25) is 5.95 Å². The second kappa shape index (κ2) is 2.42. The Bertz CT molecular complexity index is 471. The van der Waals surface area contributed by atoms with Gasteiger partial charge in [-0.1, -0.05) is 0 Å². The van der Waals surface area contributed by atoms with Gasteiger partial charge in [0, 0.05) is 11.3 Å². The van der Waals surface area contributed by atoms with Crippen LogP contribution in [0, 0.1) is 20.8 Å². The monoisotopic (exact) mass is 177 g/mol. The van der Waals surface area contributed by atoms with E-state index in [0.29, 0.717) is 5.95 Å². The molecule has 0 spiro atoms. The van der Waals surface area contributed by atoms with Gasteiger partial charge in [0.25, 0.3) is 0 Å². The zero-order valence-electron chi connectivity index (χ0n) is 7.87. The number of aromatic nitrogens is 4. The summed E-state index contributed by atoms with van der Waals surface area (Å²) >= 11 is 0. The van der Waals surface area contributed by atoms with Gasteiger partial charge in [-0.3, -0.25) is 0 Å². The van der Waals surface area contributed by atoms with Crippen molar-refractivity contribution >= 4 is 11.6 Å². The van der Waals surface area contributed by atoms with Crippen molar-refractivity contribution in [1.82, 2.24) is 19.6 Å². The maximum absolute atomic E-state index is 5.65. The molecule has 2 heterocycles. The second-order valence-electron chi connectivity index (χ2n) is 3.09. The van der Waals surface area contributed by atoms with Gasteiger partial charge in [0.1, 0.15) is 5.82 Å². The molecule has 0 aliphatic carbocycles. The van der Waals surface area contributed by atoms with E-state index in [9.17, 15) is 0 Å². The lowest BCUT2D eigenvalue weighted by molar-refractivity contribution is 0.949. The first-order valence-electron chi connectivity index (χ1n) is 4.05. The molecule has 5 nitrogen and oxygen atoms in total. The SMILES string of the molecule is Cc1nc(C)n2c(N)nnc2c1C. The molecule has 5 heteroatoms. The molecule has 0 unspecified atom stereocenters. The third kappa shape index (κ3) is 0.965. The van der Waals surface area contributed by atoms with Gasteiger partial charge in [-0.2, -0.15) is 0 Å². The Balaban J connectivity index is 2.99. The highest BCUT2D eigenvalue weighted by molar-refractivity contribution is 5.52. The smallest absolute Gasteiger partial charge is 0.227 e. The largest absolute Gasteiger partial charge is 0.368 e. The molecular weight excluding hydrogens is 166 g/mol. The molecule has 0 atom stereocenters. The van der Waals surface area contributed by atoms with Crippen LogP contribution < -0.4 is 5.73 Å².